The first kappa shape index (κ1) is 15.6. The van der Waals surface area contributed by atoms with Crippen molar-refractivity contribution in [1.82, 2.24) is 9.38 Å². The monoisotopic (exact) mass is 356 g/mol. The van der Waals surface area contributed by atoms with Crippen LogP contribution in [-0.2, 0) is 15.9 Å². The molecule has 4 heterocycles. The van der Waals surface area contributed by atoms with Crippen molar-refractivity contribution in [3.05, 3.63) is 59.3 Å². The number of imidazole rings is 1. The average Bonchev–Trinajstić information content (AvgIpc) is 3.24. The van der Waals surface area contributed by atoms with Crippen molar-refractivity contribution in [3.63, 3.8) is 0 Å². The Hall–Kier alpha value is -2.39. The lowest BCUT2D eigenvalue weighted by atomic mass is 9.78. The minimum absolute atomic E-state index is 0.155. The van der Waals surface area contributed by atoms with Gasteiger partial charge in [0.2, 0.25) is 0 Å². The van der Waals surface area contributed by atoms with Crippen molar-refractivity contribution in [2.45, 2.75) is 57.7 Å². The molecule has 3 nitrogen and oxygen atoms in total. The third-order valence-electron chi connectivity index (χ3n) is 6.82. The first-order valence-electron chi connectivity index (χ1n) is 9.99. The van der Waals surface area contributed by atoms with Crippen molar-refractivity contribution in [3.8, 4) is 0 Å². The fraction of sp³-hybridized carbons (Fsp3) is 0.375. The molecule has 2 aromatic carbocycles. The summed E-state index contributed by atoms with van der Waals surface area (Å²) in [6, 6.07) is 15.6. The van der Waals surface area contributed by atoms with Crippen LogP contribution < -0.4 is 0 Å². The first-order chi connectivity index (χ1) is 12.9. The van der Waals surface area contributed by atoms with Crippen LogP contribution in [0.3, 0.4) is 0 Å². The van der Waals surface area contributed by atoms with Gasteiger partial charge in [-0.1, -0.05) is 38.1 Å². The summed E-state index contributed by atoms with van der Waals surface area (Å²) in [7, 11) is 0. The lowest BCUT2D eigenvalue weighted by Gasteiger charge is -2.22. The van der Waals surface area contributed by atoms with Gasteiger partial charge in [0.05, 0.1) is 22.2 Å². The van der Waals surface area contributed by atoms with Gasteiger partial charge in [-0.3, -0.25) is 4.40 Å². The van der Waals surface area contributed by atoms with E-state index in [0.29, 0.717) is 5.92 Å². The summed E-state index contributed by atoms with van der Waals surface area (Å²) in [4.78, 5) is 5.11. The van der Waals surface area contributed by atoms with Crippen molar-refractivity contribution in [2.24, 2.45) is 0 Å². The van der Waals surface area contributed by atoms with Crippen molar-refractivity contribution in [2.75, 3.05) is 0 Å². The second-order valence-electron chi connectivity index (χ2n) is 9.03. The molecule has 1 saturated heterocycles. The Morgan fingerprint density at radius 3 is 2.44 bits per heavy atom. The van der Waals surface area contributed by atoms with Crippen LogP contribution in [0.5, 0.6) is 0 Å². The second kappa shape index (κ2) is 4.71. The van der Waals surface area contributed by atoms with Crippen molar-refractivity contribution in [1.29, 1.82) is 0 Å². The predicted molar refractivity (Wildman–Crippen MR) is 109 cm³/mol. The highest BCUT2D eigenvalue weighted by Gasteiger charge is 2.54. The third kappa shape index (κ3) is 1.83. The van der Waals surface area contributed by atoms with Crippen LogP contribution in [0.25, 0.3) is 27.5 Å². The predicted octanol–water partition coefficient (Wildman–Crippen LogP) is 6.02. The molecule has 2 atom stereocenters. The van der Waals surface area contributed by atoms with Crippen LogP contribution in [-0.4, -0.2) is 9.38 Å². The van der Waals surface area contributed by atoms with Crippen LogP contribution >= 0.6 is 0 Å². The quantitative estimate of drug-likeness (QED) is 0.417. The highest BCUT2D eigenvalue weighted by atomic mass is 16.5. The summed E-state index contributed by atoms with van der Waals surface area (Å²) in [6.45, 7) is 9.00. The van der Waals surface area contributed by atoms with Crippen LogP contribution in [0.15, 0.2) is 42.5 Å². The molecule has 4 aromatic rings. The van der Waals surface area contributed by atoms with Gasteiger partial charge < -0.3 is 4.74 Å². The van der Waals surface area contributed by atoms with E-state index in [2.05, 4.69) is 74.6 Å². The molecule has 0 saturated carbocycles. The molecular weight excluding hydrogens is 332 g/mol. The largest absolute Gasteiger partial charge is 0.360 e. The molecule has 2 bridgehead atoms. The Balaban J connectivity index is 1.80. The molecule has 3 heteroatoms. The van der Waals surface area contributed by atoms with E-state index in [1.54, 1.807) is 0 Å². The smallest absolute Gasteiger partial charge is 0.146 e. The van der Waals surface area contributed by atoms with E-state index in [0.717, 1.165) is 24.0 Å². The molecule has 6 rings (SSSR count). The number of ether oxygens (including phenoxy) is 1. The minimum Gasteiger partial charge on any atom is -0.360 e. The van der Waals surface area contributed by atoms with Gasteiger partial charge in [-0.2, -0.15) is 0 Å². The maximum Gasteiger partial charge on any atom is 0.146 e. The van der Waals surface area contributed by atoms with Gasteiger partial charge in [0, 0.05) is 11.1 Å². The number of hydrogen-bond donors (Lipinski definition) is 0. The number of nitrogens with zero attached hydrogens (tertiary/aromatic N) is 2. The fourth-order valence-electron chi connectivity index (χ4n) is 5.37. The highest BCUT2D eigenvalue weighted by molar-refractivity contribution is 5.99. The second-order valence-corrected chi connectivity index (χ2v) is 9.03. The van der Waals surface area contributed by atoms with Crippen LogP contribution in [0.1, 0.15) is 63.3 Å². The van der Waals surface area contributed by atoms with Gasteiger partial charge in [0.15, 0.2) is 0 Å². The average molecular weight is 356 g/mol. The van der Waals surface area contributed by atoms with E-state index in [-0.39, 0.29) is 11.2 Å². The van der Waals surface area contributed by atoms with Crippen LogP contribution in [0.2, 0.25) is 0 Å². The summed E-state index contributed by atoms with van der Waals surface area (Å²) < 4.78 is 8.86. The van der Waals surface area contributed by atoms with E-state index < -0.39 is 0 Å². The molecule has 1 fully saturated rings. The van der Waals surface area contributed by atoms with E-state index in [1.807, 2.05) is 0 Å². The van der Waals surface area contributed by atoms with Gasteiger partial charge in [0.1, 0.15) is 5.65 Å². The Morgan fingerprint density at radius 1 is 1.00 bits per heavy atom. The Morgan fingerprint density at radius 2 is 1.70 bits per heavy atom. The maximum atomic E-state index is 6.48. The summed E-state index contributed by atoms with van der Waals surface area (Å²) in [5, 5.41) is 2.48. The molecule has 0 amide bonds. The summed E-state index contributed by atoms with van der Waals surface area (Å²) in [6.07, 6.45) is 2.19. The zero-order valence-corrected chi connectivity index (χ0v) is 16.3. The van der Waals surface area contributed by atoms with Gasteiger partial charge >= 0.3 is 0 Å². The summed E-state index contributed by atoms with van der Waals surface area (Å²) in [5.74, 6) is 0.420. The summed E-state index contributed by atoms with van der Waals surface area (Å²) >= 11 is 0. The third-order valence-corrected chi connectivity index (χ3v) is 6.82. The molecule has 27 heavy (non-hydrogen) atoms. The number of pyridine rings is 1. The lowest BCUT2D eigenvalue weighted by Crippen LogP contribution is -2.18. The molecule has 0 spiro atoms. The maximum absolute atomic E-state index is 6.48. The van der Waals surface area contributed by atoms with Gasteiger partial charge in [-0.25, -0.2) is 4.98 Å². The van der Waals surface area contributed by atoms with Gasteiger partial charge in [-0.05, 0) is 67.3 Å². The topological polar surface area (TPSA) is 26.5 Å². The zero-order chi connectivity index (χ0) is 18.6. The Kier molecular flexibility index (Phi) is 2.73. The van der Waals surface area contributed by atoms with E-state index in [9.17, 15) is 0 Å². The van der Waals surface area contributed by atoms with Gasteiger partial charge in [-0.15, -0.1) is 0 Å². The number of hydrogen-bond acceptors (Lipinski definition) is 2. The van der Waals surface area contributed by atoms with Crippen LogP contribution in [0.4, 0.5) is 0 Å². The highest BCUT2D eigenvalue weighted by Crippen LogP contribution is 2.58. The lowest BCUT2D eigenvalue weighted by molar-refractivity contribution is -0.0661. The molecule has 0 aliphatic carbocycles. The molecule has 0 radical (unpaired) electrons. The Bertz CT molecular complexity index is 1270. The number of rotatable bonds is 1. The van der Waals surface area contributed by atoms with E-state index in [1.165, 1.54) is 33.1 Å². The molecule has 0 N–H and O–H groups in total. The molecular formula is C24H24N2O. The number of aromatic nitrogens is 2. The Labute approximate surface area is 159 Å². The van der Waals surface area contributed by atoms with Crippen molar-refractivity contribution >= 4 is 27.5 Å². The van der Waals surface area contributed by atoms with E-state index in [4.69, 9.17) is 9.72 Å². The fourth-order valence-corrected chi connectivity index (χ4v) is 5.37. The molecule has 2 aromatic heterocycles. The first-order valence-corrected chi connectivity index (χ1v) is 9.99. The molecule has 2 aliphatic heterocycles. The van der Waals surface area contributed by atoms with Crippen molar-refractivity contribution < 1.29 is 4.74 Å². The number of benzene rings is 2. The molecule has 136 valence electrons. The molecule has 2 unspecified atom stereocenters. The zero-order valence-electron chi connectivity index (χ0n) is 16.3. The van der Waals surface area contributed by atoms with E-state index >= 15 is 0 Å². The number of fused-ring (bicyclic) bond motifs is 10. The van der Waals surface area contributed by atoms with Gasteiger partial charge in [0.25, 0.3) is 0 Å². The van der Waals surface area contributed by atoms with Crippen LogP contribution in [0, 0.1) is 0 Å². The SMILES string of the molecule is CC(C)c1cc2ccccc2c2nc3cc4c(cc3n12)C1(C)CCC4(C)O1. The summed E-state index contributed by atoms with van der Waals surface area (Å²) in [5.41, 5.74) is 7.04. The standard InChI is InChI=1S/C24H24N2O/c1-14(2)20-11-15-7-5-6-8-16(15)22-25-19-12-17-18(13-21(19)26(20)22)24(4)10-9-23(17,3)27-24/h5-8,11-14H,9-10H2,1-4H3. The molecule has 2 aliphatic rings. The normalized spacial score (nSPS) is 26.7. The minimum atomic E-state index is -0.156.